The number of rotatable bonds is 4. The highest BCUT2D eigenvalue weighted by Gasteiger charge is 2.16. The number of hydrogen-bond donors (Lipinski definition) is 2. The van der Waals surface area contributed by atoms with E-state index in [0.29, 0.717) is 12.6 Å². The smallest absolute Gasteiger partial charge is 0.267 e. The van der Waals surface area contributed by atoms with Gasteiger partial charge in [-0.05, 0) is 48.3 Å². The molecule has 1 aliphatic heterocycles. The minimum Gasteiger partial charge on any atom is -0.349 e. The second-order valence-corrected chi connectivity index (χ2v) is 5.60. The number of halogens is 1. The summed E-state index contributed by atoms with van der Waals surface area (Å²) in [6.07, 6.45) is 5.59. The minimum atomic E-state index is 0.00919. The summed E-state index contributed by atoms with van der Waals surface area (Å²) in [5, 5.41) is 6.44. The second-order valence-electron chi connectivity index (χ2n) is 4.69. The Labute approximate surface area is 116 Å². The van der Waals surface area contributed by atoms with Crippen LogP contribution in [0.3, 0.4) is 0 Å². The molecule has 5 heteroatoms. The highest BCUT2D eigenvalue weighted by atomic mass is 79.9. The Balaban J connectivity index is 1.90. The molecule has 4 nitrogen and oxygen atoms in total. The summed E-state index contributed by atoms with van der Waals surface area (Å²) in [6.45, 7) is 4.62. The lowest BCUT2D eigenvalue weighted by molar-refractivity contribution is 0.0938. The molecule has 18 heavy (non-hydrogen) atoms. The van der Waals surface area contributed by atoms with Crippen LogP contribution >= 0.6 is 15.9 Å². The third-order valence-corrected chi connectivity index (χ3v) is 3.79. The van der Waals surface area contributed by atoms with E-state index in [0.717, 1.165) is 29.7 Å². The number of nitrogens with zero attached hydrogens (tertiary/aromatic N) is 1. The van der Waals surface area contributed by atoms with E-state index >= 15 is 0 Å². The van der Waals surface area contributed by atoms with Crippen molar-refractivity contribution in [2.45, 2.75) is 38.8 Å². The molecule has 1 amide bonds. The molecular weight excluding hydrogens is 294 g/mol. The van der Waals surface area contributed by atoms with E-state index in [1.165, 1.54) is 12.8 Å². The van der Waals surface area contributed by atoms with E-state index in [2.05, 4.69) is 26.6 Å². The Morgan fingerprint density at radius 2 is 2.44 bits per heavy atom. The van der Waals surface area contributed by atoms with Crippen LogP contribution in [0, 0.1) is 0 Å². The predicted molar refractivity (Wildman–Crippen MR) is 75.8 cm³/mol. The molecule has 0 aromatic carbocycles. The van der Waals surface area contributed by atoms with Crippen LogP contribution < -0.4 is 10.6 Å². The molecule has 2 heterocycles. The van der Waals surface area contributed by atoms with E-state index in [4.69, 9.17) is 0 Å². The van der Waals surface area contributed by atoms with Gasteiger partial charge in [0.15, 0.2) is 0 Å². The molecule has 1 aliphatic rings. The Morgan fingerprint density at radius 1 is 1.61 bits per heavy atom. The third kappa shape index (κ3) is 3.36. The molecule has 0 saturated carbocycles. The Bertz CT molecular complexity index is 410. The molecule has 1 saturated heterocycles. The molecule has 1 fully saturated rings. The van der Waals surface area contributed by atoms with Gasteiger partial charge in [0.2, 0.25) is 0 Å². The summed E-state index contributed by atoms with van der Waals surface area (Å²) >= 11 is 3.41. The van der Waals surface area contributed by atoms with Gasteiger partial charge in [-0.1, -0.05) is 6.42 Å². The van der Waals surface area contributed by atoms with Crippen molar-refractivity contribution in [3.63, 3.8) is 0 Å². The molecule has 0 radical (unpaired) electrons. The summed E-state index contributed by atoms with van der Waals surface area (Å²) in [7, 11) is 0. The molecule has 0 aliphatic carbocycles. The van der Waals surface area contributed by atoms with Gasteiger partial charge in [-0.2, -0.15) is 0 Å². The van der Waals surface area contributed by atoms with Crippen LogP contribution in [0.1, 0.15) is 36.7 Å². The van der Waals surface area contributed by atoms with Crippen molar-refractivity contribution in [3.05, 3.63) is 22.4 Å². The Hall–Kier alpha value is -0.810. The Morgan fingerprint density at radius 3 is 3.11 bits per heavy atom. The molecule has 0 spiro atoms. The molecular formula is C13H20BrN3O. The maximum Gasteiger partial charge on any atom is 0.267 e. The number of amides is 1. The van der Waals surface area contributed by atoms with E-state index in [1.807, 2.05) is 23.8 Å². The van der Waals surface area contributed by atoms with Gasteiger partial charge in [-0.3, -0.25) is 4.79 Å². The number of piperidine rings is 1. The van der Waals surface area contributed by atoms with Crippen LogP contribution in [-0.4, -0.2) is 29.6 Å². The van der Waals surface area contributed by atoms with Crippen LogP contribution in [-0.2, 0) is 6.54 Å². The van der Waals surface area contributed by atoms with Gasteiger partial charge < -0.3 is 15.2 Å². The average Bonchev–Trinajstić information content (AvgIpc) is 2.78. The van der Waals surface area contributed by atoms with Crippen molar-refractivity contribution in [3.8, 4) is 0 Å². The maximum absolute atomic E-state index is 12.1. The monoisotopic (exact) mass is 313 g/mol. The lowest BCUT2D eigenvalue weighted by Gasteiger charge is -2.23. The average molecular weight is 314 g/mol. The van der Waals surface area contributed by atoms with Crippen molar-refractivity contribution < 1.29 is 4.79 Å². The van der Waals surface area contributed by atoms with Gasteiger partial charge in [-0.25, -0.2) is 0 Å². The summed E-state index contributed by atoms with van der Waals surface area (Å²) in [4.78, 5) is 12.1. The van der Waals surface area contributed by atoms with Crippen molar-refractivity contribution >= 4 is 21.8 Å². The second kappa shape index (κ2) is 6.38. The zero-order chi connectivity index (χ0) is 13.0. The van der Waals surface area contributed by atoms with Gasteiger partial charge in [0.1, 0.15) is 5.69 Å². The molecule has 2 N–H and O–H groups in total. The molecule has 100 valence electrons. The van der Waals surface area contributed by atoms with Crippen molar-refractivity contribution in [1.29, 1.82) is 0 Å². The minimum absolute atomic E-state index is 0.00919. The summed E-state index contributed by atoms with van der Waals surface area (Å²) < 4.78 is 2.90. The van der Waals surface area contributed by atoms with Gasteiger partial charge in [0.25, 0.3) is 5.91 Å². The highest BCUT2D eigenvalue weighted by molar-refractivity contribution is 9.10. The lowest BCUT2D eigenvalue weighted by Crippen LogP contribution is -2.43. The summed E-state index contributed by atoms with van der Waals surface area (Å²) in [6, 6.07) is 2.30. The van der Waals surface area contributed by atoms with E-state index in [9.17, 15) is 4.79 Å². The van der Waals surface area contributed by atoms with E-state index < -0.39 is 0 Å². The first-order chi connectivity index (χ1) is 8.70. The summed E-state index contributed by atoms with van der Waals surface area (Å²) in [5.74, 6) is 0.00919. The normalized spacial score (nSPS) is 19.8. The molecule has 1 aromatic rings. The first-order valence-electron chi connectivity index (χ1n) is 6.58. The van der Waals surface area contributed by atoms with Crippen LogP contribution in [0.2, 0.25) is 0 Å². The first kappa shape index (κ1) is 13.6. The quantitative estimate of drug-likeness (QED) is 0.894. The molecule has 1 unspecified atom stereocenters. The molecule has 1 aromatic heterocycles. The zero-order valence-electron chi connectivity index (χ0n) is 10.7. The number of aromatic nitrogens is 1. The van der Waals surface area contributed by atoms with Crippen molar-refractivity contribution in [1.82, 2.24) is 15.2 Å². The third-order valence-electron chi connectivity index (χ3n) is 3.36. The van der Waals surface area contributed by atoms with Crippen molar-refractivity contribution in [2.24, 2.45) is 0 Å². The molecule has 1 atom stereocenters. The SMILES string of the molecule is CCn1cc(Br)cc1C(=O)NCC1CCCCN1. The van der Waals surface area contributed by atoms with Crippen LogP contribution in [0.4, 0.5) is 0 Å². The number of carbonyl (C=O) groups is 1. The molecule has 0 bridgehead atoms. The highest BCUT2D eigenvalue weighted by Crippen LogP contribution is 2.15. The maximum atomic E-state index is 12.1. The predicted octanol–water partition coefficient (Wildman–Crippen LogP) is 2.14. The van der Waals surface area contributed by atoms with Gasteiger partial charge >= 0.3 is 0 Å². The number of aryl methyl sites for hydroxylation is 1. The zero-order valence-corrected chi connectivity index (χ0v) is 12.3. The van der Waals surface area contributed by atoms with Crippen molar-refractivity contribution in [2.75, 3.05) is 13.1 Å². The topological polar surface area (TPSA) is 46.1 Å². The Kier molecular flexibility index (Phi) is 4.83. The molecule has 2 rings (SSSR count). The number of hydrogen-bond acceptors (Lipinski definition) is 2. The van der Waals surface area contributed by atoms with Gasteiger partial charge in [0, 0.05) is 29.8 Å². The fraction of sp³-hybridized carbons (Fsp3) is 0.615. The first-order valence-corrected chi connectivity index (χ1v) is 7.37. The lowest BCUT2D eigenvalue weighted by atomic mass is 10.1. The standard InChI is InChI=1S/C13H20BrN3O/c1-2-17-9-10(14)7-12(17)13(18)16-8-11-5-3-4-6-15-11/h7,9,11,15H,2-6,8H2,1H3,(H,16,18). The van der Waals surface area contributed by atoms with E-state index in [-0.39, 0.29) is 5.91 Å². The summed E-state index contributed by atoms with van der Waals surface area (Å²) in [5.41, 5.74) is 0.722. The van der Waals surface area contributed by atoms with Crippen LogP contribution in [0.25, 0.3) is 0 Å². The fourth-order valence-corrected chi connectivity index (χ4v) is 2.80. The number of carbonyl (C=O) groups excluding carboxylic acids is 1. The van der Waals surface area contributed by atoms with Crippen LogP contribution in [0.15, 0.2) is 16.7 Å². The largest absolute Gasteiger partial charge is 0.349 e. The van der Waals surface area contributed by atoms with Gasteiger partial charge in [0.05, 0.1) is 0 Å². The van der Waals surface area contributed by atoms with E-state index in [1.54, 1.807) is 0 Å². The van der Waals surface area contributed by atoms with Crippen LogP contribution in [0.5, 0.6) is 0 Å². The number of nitrogens with one attached hydrogen (secondary N) is 2. The van der Waals surface area contributed by atoms with Gasteiger partial charge in [-0.15, -0.1) is 0 Å². The fourth-order valence-electron chi connectivity index (χ4n) is 2.33.